The fourth-order valence-electron chi connectivity index (χ4n) is 3.56. The third kappa shape index (κ3) is 3.07. The lowest BCUT2D eigenvalue weighted by Gasteiger charge is -2.44. The molecule has 2 aliphatic rings. The molecule has 2 amide bonds. The van der Waals surface area contributed by atoms with Gasteiger partial charge in [0.1, 0.15) is 5.54 Å². The quantitative estimate of drug-likeness (QED) is 0.839. The number of aromatic nitrogens is 2. The van der Waals surface area contributed by atoms with E-state index in [1.165, 1.54) is 4.90 Å². The molecule has 1 spiro atoms. The van der Waals surface area contributed by atoms with Crippen molar-refractivity contribution in [2.24, 2.45) is 0 Å². The molecule has 1 saturated heterocycles. The molecule has 1 aromatic carbocycles. The van der Waals surface area contributed by atoms with Crippen molar-refractivity contribution < 1.29 is 9.59 Å². The van der Waals surface area contributed by atoms with Gasteiger partial charge in [-0.25, -0.2) is 0 Å². The Labute approximate surface area is 157 Å². The number of carbonyl (C=O) groups is 2. The number of nitrogens with zero attached hydrogens (tertiary/aromatic N) is 4. The van der Waals surface area contributed by atoms with Gasteiger partial charge in [-0.2, -0.15) is 0 Å². The molecule has 2 N–H and O–H groups in total. The van der Waals surface area contributed by atoms with Crippen LogP contribution in [0, 0.1) is 0 Å². The summed E-state index contributed by atoms with van der Waals surface area (Å²) in [4.78, 5) is 28.2. The van der Waals surface area contributed by atoms with E-state index in [-0.39, 0.29) is 11.8 Å². The number of amides is 2. The van der Waals surface area contributed by atoms with Crippen molar-refractivity contribution in [2.45, 2.75) is 18.4 Å². The molecule has 3 heterocycles. The van der Waals surface area contributed by atoms with Crippen molar-refractivity contribution in [1.29, 1.82) is 0 Å². The predicted molar refractivity (Wildman–Crippen MR) is 103 cm³/mol. The standard InChI is InChI=1S/C19H22N6O2/c1-24(2)17(26)15-7-8-16(23-22-15)25-11-9-19(10-12-25)18(27)20-13-5-3-4-6-14(13)21-19/h3-8,21H,9-12H2,1-2H3,(H,20,27). The molecule has 1 fully saturated rings. The lowest BCUT2D eigenvalue weighted by Crippen LogP contribution is -2.58. The second kappa shape index (κ2) is 6.53. The van der Waals surface area contributed by atoms with Crippen LogP contribution in [0.2, 0.25) is 0 Å². The predicted octanol–water partition coefficient (Wildman–Crippen LogP) is 1.58. The highest BCUT2D eigenvalue weighted by Crippen LogP contribution is 2.36. The smallest absolute Gasteiger partial charge is 0.273 e. The van der Waals surface area contributed by atoms with Crippen LogP contribution < -0.4 is 15.5 Å². The molecule has 140 valence electrons. The van der Waals surface area contributed by atoms with Gasteiger partial charge in [-0.1, -0.05) is 12.1 Å². The van der Waals surface area contributed by atoms with Gasteiger partial charge in [-0.3, -0.25) is 9.59 Å². The van der Waals surface area contributed by atoms with Crippen LogP contribution in [0.5, 0.6) is 0 Å². The van der Waals surface area contributed by atoms with Gasteiger partial charge in [0.25, 0.3) is 5.91 Å². The summed E-state index contributed by atoms with van der Waals surface area (Å²) in [5, 5.41) is 14.7. The molecule has 0 saturated carbocycles. The molecule has 1 aromatic heterocycles. The highest BCUT2D eigenvalue weighted by atomic mass is 16.2. The van der Waals surface area contributed by atoms with Crippen molar-refractivity contribution in [3.63, 3.8) is 0 Å². The molecule has 2 aromatic rings. The molecule has 0 radical (unpaired) electrons. The maximum absolute atomic E-state index is 12.7. The van der Waals surface area contributed by atoms with Crippen LogP contribution in [0.1, 0.15) is 23.3 Å². The number of piperidine rings is 1. The number of anilines is 3. The first-order chi connectivity index (χ1) is 13.0. The van der Waals surface area contributed by atoms with E-state index in [0.717, 1.165) is 17.2 Å². The Kier molecular flexibility index (Phi) is 4.18. The van der Waals surface area contributed by atoms with Crippen LogP contribution in [0.25, 0.3) is 0 Å². The lowest BCUT2D eigenvalue weighted by atomic mass is 9.84. The Balaban J connectivity index is 1.46. The van der Waals surface area contributed by atoms with E-state index in [4.69, 9.17) is 0 Å². The summed E-state index contributed by atoms with van der Waals surface area (Å²) in [5.41, 5.74) is 1.50. The fraction of sp³-hybridized carbons (Fsp3) is 0.368. The topological polar surface area (TPSA) is 90.5 Å². The van der Waals surface area contributed by atoms with Gasteiger partial charge in [-0.05, 0) is 37.1 Å². The highest BCUT2D eigenvalue weighted by Gasteiger charge is 2.44. The summed E-state index contributed by atoms with van der Waals surface area (Å²) in [6.45, 7) is 1.36. The monoisotopic (exact) mass is 366 g/mol. The summed E-state index contributed by atoms with van der Waals surface area (Å²) in [7, 11) is 3.37. The minimum absolute atomic E-state index is 0.0128. The Morgan fingerprint density at radius 2 is 1.78 bits per heavy atom. The van der Waals surface area contributed by atoms with Gasteiger partial charge in [0, 0.05) is 27.2 Å². The molecular formula is C19H22N6O2. The van der Waals surface area contributed by atoms with Crippen LogP contribution in [-0.2, 0) is 4.79 Å². The normalized spacial score (nSPS) is 17.7. The van der Waals surface area contributed by atoms with E-state index >= 15 is 0 Å². The first-order valence-corrected chi connectivity index (χ1v) is 8.97. The first-order valence-electron chi connectivity index (χ1n) is 8.97. The van der Waals surface area contributed by atoms with Crippen LogP contribution in [-0.4, -0.2) is 59.6 Å². The summed E-state index contributed by atoms with van der Waals surface area (Å²) < 4.78 is 0. The van der Waals surface area contributed by atoms with Gasteiger partial charge >= 0.3 is 0 Å². The van der Waals surface area contributed by atoms with Crippen LogP contribution in [0.3, 0.4) is 0 Å². The van der Waals surface area contributed by atoms with Gasteiger partial charge in [0.2, 0.25) is 5.91 Å². The van der Waals surface area contributed by atoms with Crippen LogP contribution >= 0.6 is 0 Å². The van der Waals surface area contributed by atoms with Gasteiger partial charge in [0.05, 0.1) is 11.4 Å². The number of hydrogen-bond acceptors (Lipinski definition) is 6. The number of carbonyl (C=O) groups excluding carboxylic acids is 2. The summed E-state index contributed by atoms with van der Waals surface area (Å²) >= 11 is 0. The lowest BCUT2D eigenvalue weighted by molar-refractivity contribution is -0.121. The molecule has 0 aliphatic carbocycles. The zero-order valence-electron chi connectivity index (χ0n) is 15.4. The number of rotatable bonds is 2. The van der Waals surface area contributed by atoms with E-state index in [9.17, 15) is 9.59 Å². The number of fused-ring (bicyclic) bond motifs is 1. The maximum Gasteiger partial charge on any atom is 0.273 e. The van der Waals surface area contributed by atoms with Crippen molar-refractivity contribution in [3.8, 4) is 0 Å². The SMILES string of the molecule is CN(C)C(=O)c1ccc(N2CCC3(CC2)Nc2ccccc2NC3=O)nn1. The summed E-state index contributed by atoms with van der Waals surface area (Å²) in [6.07, 6.45) is 1.32. The van der Waals surface area contributed by atoms with Crippen molar-refractivity contribution >= 4 is 29.0 Å². The zero-order valence-corrected chi connectivity index (χ0v) is 15.4. The molecule has 27 heavy (non-hydrogen) atoms. The number of para-hydroxylation sites is 2. The second-order valence-corrected chi connectivity index (χ2v) is 7.17. The molecule has 8 nitrogen and oxygen atoms in total. The van der Waals surface area contributed by atoms with Crippen LogP contribution in [0.4, 0.5) is 17.2 Å². The minimum atomic E-state index is -0.598. The van der Waals surface area contributed by atoms with E-state index < -0.39 is 5.54 Å². The molecule has 0 atom stereocenters. The molecule has 0 unspecified atom stereocenters. The van der Waals surface area contributed by atoms with Gasteiger partial charge in [0.15, 0.2) is 11.5 Å². The minimum Gasteiger partial charge on any atom is -0.369 e. The molecule has 2 aliphatic heterocycles. The van der Waals surface area contributed by atoms with Crippen LogP contribution in [0.15, 0.2) is 36.4 Å². The summed E-state index contributed by atoms with van der Waals surface area (Å²) in [6, 6.07) is 11.2. The number of nitrogens with one attached hydrogen (secondary N) is 2. The third-order valence-electron chi connectivity index (χ3n) is 5.20. The highest BCUT2D eigenvalue weighted by molar-refractivity contribution is 6.06. The van der Waals surface area contributed by atoms with Crippen molar-refractivity contribution in [2.75, 3.05) is 42.7 Å². The van der Waals surface area contributed by atoms with Gasteiger partial charge < -0.3 is 20.4 Å². The molecule has 8 heteroatoms. The average molecular weight is 366 g/mol. The largest absolute Gasteiger partial charge is 0.369 e. The van der Waals surface area contributed by atoms with E-state index in [2.05, 4.69) is 25.7 Å². The fourth-order valence-corrected chi connectivity index (χ4v) is 3.56. The number of hydrogen-bond donors (Lipinski definition) is 2. The van der Waals surface area contributed by atoms with E-state index in [1.807, 2.05) is 30.3 Å². The maximum atomic E-state index is 12.7. The Hall–Kier alpha value is -3.16. The first kappa shape index (κ1) is 17.3. The zero-order chi connectivity index (χ0) is 19.0. The Morgan fingerprint density at radius 3 is 2.41 bits per heavy atom. The van der Waals surface area contributed by atoms with E-state index in [1.54, 1.807) is 20.2 Å². The van der Waals surface area contributed by atoms with Crippen molar-refractivity contribution in [3.05, 3.63) is 42.1 Å². The number of benzene rings is 1. The molecule has 4 rings (SSSR count). The molecule has 0 bridgehead atoms. The Morgan fingerprint density at radius 1 is 1.07 bits per heavy atom. The summed E-state index contributed by atoms with van der Waals surface area (Å²) in [5.74, 6) is 0.559. The van der Waals surface area contributed by atoms with Crippen molar-refractivity contribution in [1.82, 2.24) is 15.1 Å². The van der Waals surface area contributed by atoms with E-state index in [0.29, 0.717) is 31.6 Å². The second-order valence-electron chi connectivity index (χ2n) is 7.17. The Bertz CT molecular complexity index is 872. The average Bonchev–Trinajstić information content (AvgIpc) is 2.69. The molecular weight excluding hydrogens is 344 g/mol. The van der Waals surface area contributed by atoms with Gasteiger partial charge in [-0.15, -0.1) is 10.2 Å². The third-order valence-corrected chi connectivity index (χ3v) is 5.20.